The first-order chi connectivity index (χ1) is 9.20. The van der Waals surface area contributed by atoms with Gasteiger partial charge in [0.25, 0.3) is 0 Å². The van der Waals surface area contributed by atoms with Crippen molar-refractivity contribution in [3.05, 3.63) is 71.8 Å². The number of carboxylic acid groups (broad SMARTS) is 1. The van der Waals surface area contributed by atoms with E-state index in [0.717, 1.165) is 0 Å². The Hall–Kier alpha value is -2.62. The summed E-state index contributed by atoms with van der Waals surface area (Å²) in [6, 6.07) is 18.5. The van der Waals surface area contributed by atoms with Gasteiger partial charge in [-0.15, -0.1) is 0 Å². The molecule has 0 spiro atoms. The van der Waals surface area contributed by atoms with Crippen LogP contribution in [0.4, 0.5) is 0 Å². The quantitative estimate of drug-likeness (QED) is 0.797. The van der Waals surface area contributed by atoms with E-state index >= 15 is 0 Å². The summed E-state index contributed by atoms with van der Waals surface area (Å²) in [5, 5.41) is 8.70. The number of esters is 1. The van der Waals surface area contributed by atoms with Gasteiger partial charge in [0.1, 0.15) is 0 Å². The Bertz CT molecular complexity index is 551. The van der Waals surface area contributed by atoms with Gasteiger partial charge in [-0.3, -0.25) is 0 Å². The van der Waals surface area contributed by atoms with Gasteiger partial charge in [-0.1, -0.05) is 54.6 Å². The maximum atomic E-state index is 11.1. The van der Waals surface area contributed by atoms with Crippen LogP contribution in [0.25, 0.3) is 0 Å². The molecular weight excluding hydrogens is 244 g/mol. The number of carbonyl (C=O) groups is 2. The molecule has 1 aliphatic heterocycles. The summed E-state index contributed by atoms with van der Waals surface area (Å²) >= 11 is 0. The van der Waals surface area contributed by atoms with Crippen LogP contribution in [0, 0.1) is 0 Å². The monoisotopic (exact) mass is 256 g/mol. The van der Waals surface area contributed by atoms with Crippen molar-refractivity contribution in [3.63, 3.8) is 0 Å². The summed E-state index contributed by atoms with van der Waals surface area (Å²) in [4.78, 5) is 21.7. The van der Waals surface area contributed by atoms with E-state index in [1.807, 2.05) is 36.4 Å². The van der Waals surface area contributed by atoms with Crippen LogP contribution in [0.15, 0.2) is 60.7 Å². The minimum absolute atomic E-state index is 0.343. The number of hydrogen-bond acceptors (Lipinski definition) is 3. The Kier molecular flexibility index (Phi) is 3.93. The highest BCUT2D eigenvalue weighted by molar-refractivity contribution is 5.98. The number of hydrogen-bond donors (Lipinski definition) is 1. The molecule has 4 nitrogen and oxygen atoms in total. The van der Waals surface area contributed by atoms with Crippen molar-refractivity contribution in [1.82, 2.24) is 0 Å². The first-order valence-electron chi connectivity index (χ1n) is 5.73. The Morgan fingerprint density at radius 3 is 2.00 bits per heavy atom. The fourth-order valence-electron chi connectivity index (χ4n) is 1.71. The lowest BCUT2D eigenvalue weighted by molar-refractivity contribution is -0.146. The molecule has 1 unspecified atom stereocenters. The molecule has 0 fully saturated rings. The summed E-state index contributed by atoms with van der Waals surface area (Å²) in [6.45, 7) is 0. The number of cyclic esters (lactones) is 1. The van der Waals surface area contributed by atoms with E-state index in [4.69, 9.17) is 5.11 Å². The number of carbonyl (C=O) groups excluding carboxylic acids is 1. The topological polar surface area (TPSA) is 63.6 Å². The van der Waals surface area contributed by atoms with Crippen molar-refractivity contribution in [2.75, 3.05) is 0 Å². The Morgan fingerprint density at radius 1 is 0.947 bits per heavy atom. The van der Waals surface area contributed by atoms with Crippen molar-refractivity contribution < 1.29 is 19.4 Å². The minimum atomic E-state index is -1.14. The lowest BCUT2D eigenvalue weighted by Crippen LogP contribution is -2.10. The maximum Gasteiger partial charge on any atom is 0.349 e. The second-order valence-corrected chi connectivity index (χ2v) is 3.87. The van der Waals surface area contributed by atoms with E-state index in [9.17, 15) is 9.59 Å². The van der Waals surface area contributed by atoms with E-state index in [1.54, 1.807) is 24.3 Å². The number of rotatable bonds is 1. The third-order valence-corrected chi connectivity index (χ3v) is 2.58. The number of carboxylic acids is 1. The van der Waals surface area contributed by atoms with Gasteiger partial charge in [0.05, 0.1) is 5.56 Å². The third kappa shape index (κ3) is 2.98. The fourth-order valence-corrected chi connectivity index (χ4v) is 1.71. The molecule has 0 saturated heterocycles. The van der Waals surface area contributed by atoms with Crippen LogP contribution in [0.5, 0.6) is 0 Å². The summed E-state index contributed by atoms with van der Waals surface area (Å²) < 4.78 is 4.65. The zero-order chi connectivity index (χ0) is 13.7. The van der Waals surface area contributed by atoms with Crippen LogP contribution >= 0.6 is 0 Å². The Balaban J connectivity index is 0.000000186. The predicted molar refractivity (Wildman–Crippen MR) is 68.7 cm³/mol. The largest absolute Gasteiger partial charge is 0.478 e. The normalized spacial score (nSPS) is 15.8. The first kappa shape index (κ1) is 12.8. The van der Waals surface area contributed by atoms with Crippen molar-refractivity contribution in [1.29, 1.82) is 0 Å². The molecule has 0 saturated carbocycles. The second-order valence-electron chi connectivity index (χ2n) is 3.87. The van der Waals surface area contributed by atoms with E-state index in [1.165, 1.54) is 0 Å². The smallest absolute Gasteiger partial charge is 0.349 e. The number of benzene rings is 2. The third-order valence-electron chi connectivity index (χ3n) is 2.58. The highest BCUT2D eigenvalue weighted by Gasteiger charge is 2.35. The molecule has 1 atom stereocenters. The highest BCUT2D eigenvalue weighted by Crippen LogP contribution is 2.30. The van der Waals surface area contributed by atoms with Crippen LogP contribution in [0.1, 0.15) is 22.0 Å². The van der Waals surface area contributed by atoms with Crippen molar-refractivity contribution in [2.24, 2.45) is 0 Å². The molecule has 0 bridgehead atoms. The summed E-state index contributed by atoms with van der Waals surface area (Å²) in [6.07, 6.45) is -1.14. The molecule has 19 heavy (non-hydrogen) atoms. The fraction of sp³-hybridized carbons (Fsp3) is 0.0667. The number of ether oxygens (including phenoxy) is 1. The lowest BCUT2D eigenvalue weighted by atomic mass is 10.1. The molecule has 96 valence electrons. The molecule has 4 heteroatoms. The van der Waals surface area contributed by atoms with Gasteiger partial charge in [-0.05, 0) is 6.07 Å². The SMILES string of the molecule is O=C1OC(C(=O)O)c2ccccc21.c1ccccc1. The van der Waals surface area contributed by atoms with Gasteiger partial charge in [-0.2, -0.15) is 0 Å². The van der Waals surface area contributed by atoms with Crippen molar-refractivity contribution in [2.45, 2.75) is 6.10 Å². The second kappa shape index (κ2) is 5.82. The summed E-state index contributed by atoms with van der Waals surface area (Å²) in [5.74, 6) is -1.71. The van der Waals surface area contributed by atoms with Gasteiger partial charge in [0, 0.05) is 5.56 Å². The maximum absolute atomic E-state index is 11.1. The van der Waals surface area contributed by atoms with Crippen molar-refractivity contribution >= 4 is 11.9 Å². The molecule has 0 amide bonds. The molecule has 0 aromatic heterocycles. The van der Waals surface area contributed by atoms with Gasteiger partial charge in [0.2, 0.25) is 6.10 Å². The van der Waals surface area contributed by atoms with E-state index in [0.29, 0.717) is 11.1 Å². The van der Waals surface area contributed by atoms with Crippen LogP contribution in [0.2, 0.25) is 0 Å². The van der Waals surface area contributed by atoms with Crippen LogP contribution < -0.4 is 0 Å². The standard InChI is InChI=1S/C9H6O4.C6H6/c10-8(11)7-5-3-1-2-4-6(5)9(12)13-7;1-2-4-6-5-3-1/h1-4,7H,(H,10,11);1-6H. The predicted octanol–water partition coefficient (Wildman–Crippen LogP) is 2.67. The zero-order valence-electron chi connectivity index (χ0n) is 10.0. The molecular formula is C15H12O4. The molecule has 1 N–H and O–H groups in total. The highest BCUT2D eigenvalue weighted by atomic mass is 16.6. The molecule has 1 aliphatic rings. The number of fused-ring (bicyclic) bond motifs is 1. The summed E-state index contributed by atoms with van der Waals surface area (Å²) in [5.41, 5.74) is 0.773. The summed E-state index contributed by atoms with van der Waals surface area (Å²) in [7, 11) is 0. The van der Waals surface area contributed by atoms with E-state index < -0.39 is 18.0 Å². The Labute approximate surface area is 110 Å². The molecule has 1 heterocycles. The molecule has 2 aromatic rings. The lowest BCUT2D eigenvalue weighted by Gasteiger charge is -2.02. The van der Waals surface area contributed by atoms with E-state index in [2.05, 4.69) is 4.74 Å². The van der Waals surface area contributed by atoms with Gasteiger partial charge < -0.3 is 9.84 Å². The van der Waals surface area contributed by atoms with Crippen LogP contribution in [-0.2, 0) is 9.53 Å². The zero-order valence-corrected chi connectivity index (χ0v) is 10.0. The minimum Gasteiger partial charge on any atom is -0.478 e. The first-order valence-corrected chi connectivity index (χ1v) is 5.73. The van der Waals surface area contributed by atoms with Crippen LogP contribution in [0.3, 0.4) is 0 Å². The van der Waals surface area contributed by atoms with Crippen molar-refractivity contribution in [3.8, 4) is 0 Å². The molecule has 0 aliphatic carbocycles. The average molecular weight is 256 g/mol. The Morgan fingerprint density at radius 2 is 1.47 bits per heavy atom. The average Bonchev–Trinajstić information content (AvgIpc) is 2.80. The number of aliphatic carboxylic acids is 1. The van der Waals surface area contributed by atoms with E-state index in [-0.39, 0.29) is 0 Å². The molecule has 2 aromatic carbocycles. The van der Waals surface area contributed by atoms with Crippen LogP contribution in [-0.4, -0.2) is 17.0 Å². The molecule has 3 rings (SSSR count). The van der Waals surface area contributed by atoms with Gasteiger partial charge in [-0.25, -0.2) is 9.59 Å². The van der Waals surface area contributed by atoms with Gasteiger partial charge >= 0.3 is 11.9 Å². The van der Waals surface area contributed by atoms with Gasteiger partial charge in [0.15, 0.2) is 0 Å². The molecule has 0 radical (unpaired) electrons.